The number of pyridine rings is 1. The zero-order chi connectivity index (χ0) is 14.2. The number of nitrogens with zero attached hydrogens (tertiary/aromatic N) is 1. The van der Waals surface area contributed by atoms with Crippen molar-refractivity contribution >= 4 is 23.2 Å². The van der Waals surface area contributed by atoms with Gasteiger partial charge < -0.3 is 0 Å². The quantitative estimate of drug-likeness (QED) is 0.659. The van der Waals surface area contributed by atoms with Gasteiger partial charge in [-0.2, -0.15) is 13.2 Å². The van der Waals surface area contributed by atoms with Crippen molar-refractivity contribution in [2.75, 3.05) is 0 Å². The molecule has 0 saturated carbocycles. The fourth-order valence-electron chi connectivity index (χ4n) is 1.59. The van der Waals surface area contributed by atoms with Crippen molar-refractivity contribution in [2.45, 2.75) is 6.18 Å². The van der Waals surface area contributed by atoms with Gasteiger partial charge in [0.1, 0.15) is 11.4 Å². The monoisotopic (exact) mass is 309 g/mol. The van der Waals surface area contributed by atoms with Crippen LogP contribution in [0.15, 0.2) is 30.5 Å². The first kappa shape index (κ1) is 14.1. The summed E-state index contributed by atoms with van der Waals surface area (Å²) in [5.74, 6) is -1.41. The van der Waals surface area contributed by atoms with Gasteiger partial charge in [0, 0.05) is 16.8 Å². The summed E-state index contributed by atoms with van der Waals surface area (Å²) in [6.07, 6.45) is -3.93. The summed E-state index contributed by atoms with van der Waals surface area (Å²) in [5.41, 5.74) is -2.11. The summed E-state index contributed by atoms with van der Waals surface area (Å²) in [6.45, 7) is 0. The summed E-state index contributed by atoms with van der Waals surface area (Å²) >= 11 is 11.5. The standard InChI is InChI=1S/C12H5Cl2F4N/c13-6-1-2-8(14)7(5-6)11-10(12(16,17)18)9(15)3-4-19-11/h1-5H. The van der Waals surface area contributed by atoms with Crippen molar-refractivity contribution in [3.8, 4) is 11.3 Å². The van der Waals surface area contributed by atoms with Crippen LogP contribution in [-0.2, 0) is 6.18 Å². The first-order valence-corrected chi connectivity index (χ1v) is 5.73. The molecule has 0 aliphatic rings. The maximum absolute atomic E-state index is 13.4. The molecule has 0 aliphatic heterocycles. The molecule has 1 aromatic heterocycles. The zero-order valence-corrected chi connectivity index (χ0v) is 10.6. The van der Waals surface area contributed by atoms with Crippen LogP contribution in [0.5, 0.6) is 0 Å². The molecule has 0 radical (unpaired) electrons. The second kappa shape index (κ2) is 4.98. The SMILES string of the molecule is Fc1ccnc(-c2cc(Cl)ccc2Cl)c1C(F)(F)F. The Hall–Kier alpha value is -1.33. The number of hydrogen-bond acceptors (Lipinski definition) is 1. The van der Waals surface area contributed by atoms with Gasteiger partial charge in [-0.15, -0.1) is 0 Å². The Labute approximate surface area is 115 Å². The summed E-state index contributed by atoms with van der Waals surface area (Å²) in [4.78, 5) is 3.58. The zero-order valence-electron chi connectivity index (χ0n) is 9.10. The van der Waals surface area contributed by atoms with Crippen LogP contribution in [0.3, 0.4) is 0 Å². The number of halogens is 6. The normalized spacial score (nSPS) is 11.7. The van der Waals surface area contributed by atoms with Crippen molar-refractivity contribution in [1.82, 2.24) is 4.98 Å². The van der Waals surface area contributed by atoms with Gasteiger partial charge in [0.15, 0.2) is 0 Å². The van der Waals surface area contributed by atoms with Crippen molar-refractivity contribution in [3.63, 3.8) is 0 Å². The third-order valence-corrected chi connectivity index (χ3v) is 2.93. The fraction of sp³-hybridized carbons (Fsp3) is 0.0833. The maximum Gasteiger partial charge on any atom is 0.421 e. The highest BCUT2D eigenvalue weighted by molar-refractivity contribution is 6.35. The van der Waals surface area contributed by atoms with Gasteiger partial charge >= 0.3 is 6.18 Å². The van der Waals surface area contributed by atoms with Crippen LogP contribution in [0.25, 0.3) is 11.3 Å². The first-order valence-electron chi connectivity index (χ1n) is 4.98. The van der Waals surface area contributed by atoms with Gasteiger partial charge in [0.2, 0.25) is 0 Å². The van der Waals surface area contributed by atoms with Crippen molar-refractivity contribution in [2.24, 2.45) is 0 Å². The number of alkyl halides is 3. The molecule has 100 valence electrons. The Morgan fingerprint density at radius 3 is 2.37 bits per heavy atom. The largest absolute Gasteiger partial charge is 0.421 e. The number of aromatic nitrogens is 1. The van der Waals surface area contributed by atoms with Crippen LogP contribution in [0.4, 0.5) is 17.6 Å². The smallest absolute Gasteiger partial charge is 0.255 e. The van der Waals surface area contributed by atoms with E-state index in [9.17, 15) is 17.6 Å². The van der Waals surface area contributed by atoms with Gasteiger partial charge in [-0.25, -0.2) is 4.39 Å². The summed E-state index contributed by atoms with van der Waals surface area (Å²) < 4.78 is 52.0. The molecule has 0 aliphatic carbocycles. The van der Waals surface area contributed by atoms with Crippen LogP contribution in [0.2, 0.25) is 10.0 Å². The Kier molecular flexibility index (Phi) is 3.69. The van der Waals surface area contributed by atoms with Crippen LogP contribution >= 0.6 is 23.2 Å². The summed E-state index contributed by atoms with van der Waals surface area (Å²) in [5, 5.41) is 0.187. The molecule has 0 bridgehead atoms. The Balaban J connectivity index is 2.76. The van der Waals surface area contributed by atoms with Crippen molar-refractivity contribution in [3.05, 3.63) is 51.9 Å². The third kappa shape index (κ3) is 2.82. The second-order valence-electron chi connectivity index (χ2n) is 3.64. The van der Waals surface area contributed by atoms with E-state index in [1.165, 1.54) is 18.2 Å². The summed E-state index contributed by atoms with van der Waals surface area (Å²) in [6, 6.07) is 4.59. The van der Waals surface area contributed by atoms with E-state index in [1.54, 1.807) is 0 Å². The number of rotatable bonds is 1. The molecule has 7 heteroatoms. The predicted octanol–water partition coefficient (Wildman–Crippen LogP) is 5.21. The van der Waals surface area contributed by atoms with Crippen LogP contribution in [-0.4, -0.2) is 4.98 Å². The highest BCUT2D eigenvalue weighted by Gasteiger charge is 2.38. The average molecular weight is 310 g/mol. The lowest BCUT2D eigenvalue weighted by molar-refractivity contribution is -0.139. The summed E-state index contributed by atoms with van der Waals surface area (Å²) in [7, 11) is 0. The minimum atomic E-state index is -4.88. The second-order valence-corrected chi connectivity index (χ2v) is 4.48. The highest BCUT2D eigenvalue weighted by atomic mass is 35.5. The molecule has 0 spiro atoms. The van der Waals surface area contributed by atoms with Crippen LogP contribution in [0, 0.1) is 5.82 Å². The lowest BCUT2D eigenvalue weighted by Crippen LogP contribution is -2.11. The van der Waals surface area contributed by atoms with E-state index in [2.05, 4.69) is 4.98 Å². The molecule has 0 amide bonds. The van der Waals surface area contributed by atoms with E-state index < -0.39 is 23.3 Å². The minimum Gasteiger partial charge on any atom is -0.255 e. The van der Waals surface area contributed by atoms with E-state index in [0.29, 0.717) is 6.07 Å². The Bertz CT molecular complexity index is 626. The van der Waals surface area contributed by atoms with E-state index >= 15 is 0 Å². The molecular formula is C12H5Cl2F4N. The molecule has 0 saturated heterocycles. The van der Waals surface area contributed by atoms with Gasteiger partial charge in [-0.1, -0.05) is 23.2 Å². The van der Waals surface area contributed by atoms with Gasteiger partial charge in [-0.3, -0.25) is 4.98 Å². The van der Waals surface area contributed by atoms with Crippen LogP contribution < -0.4 is 0 Å². The van der Waals surface area contributed by atoms with Crippen molar-refractivity contribution < 1.29 is 17.6 Å². The molecular weight excluding hydrogens is 305 g/mol. The molecule has 2 rings (SSSR count). The molecule has 2 aromatic rings. The lowest BCUT2D eigenvalue weighted by atomic mass is 10.0. The van der Waals surface area contributed by atoms with Gasteiger partial charge in [-0.05, 0) is 24.3 Å². The molecule has 0 unspecified atom stereocenters. The molecule has 0 atom stereocenters. The molecule has 19 heavy (non-hydrogen) atoms. The predicted molar refractivity (Wildman–Crippen MR) is 64.7 cm³/mol. The Morgan fingerprint density at radius 2 is 1.74 bits per heavy atom. The minimum absolute atomic E-state index is 0.00741. The van der Waals surface area contributed by atoms with E-state index in [-0.39, 0.29) is 15.6 Å². The number of hydrogen-bond donors (Lipinski definition) is 0. The van der Waals surface area contributed by atoms with Gasteiger partial charge in [0.25, 0.3) is 0 Å². The van der Waals surface area contributed by atoms with E-state index in [1.807, 2.05) is 0 Å². The highest BCUT2D eigenvalue weighted by Crippen LogP contribution is 2.40. The molecule has 1 nitrogen and oxygen atoms in total. The number of benzene rings is 1. The van der Waals surface area contributed by atoms with E-state index in [0.717, 1.165) is 6.20 Å². The Morgan fingerprint density at radius 1 is 1.05 bits per heavy atom. The first-order chi connectivity index (χ1) is 8.80. The van der Waals surface area contributed by atoms with Crippen molar-refractivity contribution in [1.29, 1.82) is 0 Å². The lowest BCUT2D eigenvalue weighted by Gasteiger charge is -2.13. The molecule has 1 aromatic carbocycles. The van der Waals surface area contributed by atoms with E-state index in [4.69, 9.17) is 23.2 Å². The molecule has 0 fully saturated rings. The molecule has 1 heterocycles. The fourth-order valence-corrected chi connectivity index (χ4v) is 1.97. The third-order valence-electron chi connectivity index (χ3n) is 2.37. The van der Waals surface area contributed by atoms with Crippen LogP contribution in [0.1, 0.15) is 5.56 Å². The maximum atomic E-state index is 13.4. The van der Waals surface area contributed by atoms with Gasteiger partial charge in [0.05, 0.1) is 10.7 Å². The molecule has 0 N–H and O–H groups in total. The topological polar surface area (TPSA) is 12.9 Å². The average Bonchev–Trinajstić information content (AvgIpc) is 2.30.